The summed E-state index contributed by atoms with van der Waals surface area (Å²) in [5.41, 5.74) is 9.64. The predicted octanol–water partition coefficient (Wildman–Crippen LogP) is 6.55. The number of hydrazine groups is 1. The zero-order valence-corrected chi connectivity index (χ0v) is 17.5. The number of aryl methyl sites for hydroxylation is 2. The molecule has 0 aliphatic heterocycles. The highest BCUT2D eigenvalue weighted by molar-refractivity contribution is 5.75. The van der Waals surface area contributed by atoms with Crippen molar-refractivity contribution >= 4 is 0 Å². The van der Waals surface area contributed by atoms with Gasteiger partial charge in [0.2, 0.25) is 0 Å². The van der Waals surface area contributed by atoms with Crippen molar-refractivity contribution in [2.45, 2.75) is 20.4 Å². The third kappa shape index (κ3) is 4.41. The van der Waals surface area contributed by atoms with E-state index in [1.165, 1.54) is 12.1 Å². The van der Waals surface area contributed by atoms with Crippen LogP contribution in [0.15, 0.2) is 78.9 Å². The quantitative estimate of drug-likeness (QED) is 0.287. The van der Waals surface area contributed by atoms with Crippen LogP contribution in [0, 0.1) is 25.5 Å². The molecule has 0 saturated heterocycles. The van der Waals surface area contributed by atoms with E-state index in [1.54, 1.807) is 12.1 Å². The van der Waals surface area contributed by atoms with Crippen LogP contribution in [0.25, 0.3) is 33.4 Å². The summed E-state index contributed by atoms with van der Waals surface area (Å²) in [4.78, 5) is 0. The van der Waals surface area contributed by atoms with Gasteiger partial charge >= 0.3 is 0 Å². The molecule has 3 N–H and O–H groups in total. The minimum Gasteiger partial charge on any atom is -0.271 e. The minimum absolute atomic E-state index is 0.333. The van der Waals surface area contributed by atoms with Crippen molar-refractivity contribution in [1.82, 2.24) is 5.43 Å². The molecule has 0 fully saturated rings. The molecule has 0 aliphatic rings. The molecule has 0 radical (unpaired) electrons. The summed E-state index contributed by atoms with van der Waals surface area (Å²) in [5, 5.41) is 0. The van der Waals surface area contributed by atoms with Gasteiger partial charge in [-0.25, -0.2) is 8.78 Å². The summed E-state index contributed by atoms with van der Waals surface area (Å²) in [6.45, 7) is 4.41. The van der Waals surface area contributed by atoms with Crippen LogP contribution < -0.4 is 11.3 Å². The Morgan fingerprint density at radius 3 is 1.71 bits per heavy atom. The van der Waals surface area contributed by atoms with E-state index in [1.807, 2.05) is 68.4 Å². The number of hydrogen-bond donors (Lipinski definition) is 2. The van der Waals surface area contributed by atoms with Crippen molar-refractivity contribution < 1.29 is 8.78 Å². The van der Waals surface area contributed by atoms with E-state index >= 15 is 4.39 Å². The first-order valence-corrected chi connectivity index (χ1v) is 10.2. The molecule has 0 heterocycles. The second kappa shape index (κ2) is 8.80. The van der Waals surface area contributed by atoms with Gasteiger partial charge < -0.3 is 0 Å². The van der Waals surface area contributed by atoms with Crippen LogP contribution in [-0.4, -0.2) is 0 Å². The summed E-state index contributed by atoms with van der Waals surface area (Å²) in [6, 6.07) is 23.6. The van der Waals surface area contributed by atoms with Gasteiger partial charge in [-0.2, -0.15) is 0 Å². The van der Waals surface area contributed by atoms with Gasteiger partial charge in [0.15, 0.2) is 0 Å². The molecular weight excluding hydrogens is 390 g/mol. The van der Waals surface area contributed by atoms with Crippen molar-refractivity contribution in [3.63, 3.8) is 0 Å². The molecule has 0 aromatic heterocycles. The third-order valence-electron chi connectivity index (χ3n) is 5.48. The van der Waals surface area contributed by atoms with Gasteiger partial charge in [-0.05, 0) is 53.8 Å². The Labute approximate surface area is 181 Å². The van der Waals surface area contributed by atoms with E-state index < -0.39 is 0 Å². The van der Waals surface area contributed by atoms with Crippen LogP contribution in [-0.2, 0) is 6.54 Å². The smallest absolute Gasteiger partial charge is 0.131 e. The maximum Gasteiger partial charge on any atom is 0.131 e. The van der Waals surface area contributed by atoms with E-state index in [2.05, 4.69) is 5.43 Å². The topological polar surface area (TPSA) is 38.0 Å². The third-order valence-corrected chi connectivity index (χ3v) is 5.48. The Morgan fingerprint density at radius 2 is 1.13 bits per heavy atom. The number of nitrogens with one attached hydrogen (secondary N) is 1. The lowest BCUT2D eigenvalue weighted by molar-refractivity contribution is 0.629. The standard InChI is InChI=1S/C27H24F2N2/c1-17-3-6-19(7-4-17)24-11-8-20(14-26(24)28)21-9-12-25(27(29)15-21)23-10-5-18(2)13-22(23)16-31-30/h3-15,31H,16,30H2,1-2H3. The van der Waals surface area contributed by atoms with Crippen LogP contribution in [0.1, 0.15) is 16.7 Å². The number of hydrogen-bond acceptors (Lipinski definition) is 2. The monoisotopic (exact) mass is 414 g/mol. The van der Waals surface area contributed by atoms with Gasteiger partial charge in [-0.1, -0.05) is 77.9 Å². The van der Waals surface area contributed by atoms with Gasteiger partial charge in [0.1, 0.15) is 11.6 Å². The zero-order valence-electron chi connectivity index (χ0n) is 17.5. The first kappa shape index (κ1) is 20.9. The SMILES string of the molecule is Cc1ccc(-c2ccc(-c3ccc(-c4ccc(C)cc4CNN)c(F)c3)cc2F)cc1. The molecule has 4 rings (SSSR count). The van der Waals surface area contributed by atoms with E-state index in [-0.39, 0.29) is 11.6 Å². The highest BCUT2D eigenvalue weighted by Crippen LogP contribution is 2.33. The molecule has 2 nitrogen and oxygen atoms in total. The van der Waals surface area contributed by atoms with E-state index in [9.17, 15) is 4.39 Å². The second-order valence-corrected chi connectivity index (χ2v) is 7.80. The lowest BCUT2D eigenvalue weighted by atomic mass is 9.94. The molecule has 0 amide bonds. The summed E-state index contributed by atoms with van der Waals surface area (Å²) < 4.78 is 29.9. The molecule has 156 valence electrons. The number of benzene rings is 4. The number of nitrogens with two attached hydrogens (primary N) is 1. The Bertz CT molecular complexity index is 1230. The molecule has 4 aromatic carbocycles. The van der Waals surface area contributed by atoms with Crippen molar-refractivity contribution in [3.05, 3.63) is 107 Å². The Kier molecular flexibility index (Phi) is 5.94. The molecule has 4 heteroatoms. The maximum absolute atomic E-state index is 15.1. The molecule has 0 bridgehead atoms. The molecule has 0 saturated carbocycles. The first-order valence-electron chi connectivity index (χ1n) is 10.2. The van der Waals surface area contributed by atoms with Crippen LogP contribution in [0.2, 0.25) is 0 Å². The summed E-state index contributed by atoms with van der Waals surface area (Å²) >= 11 is 0. The molecule has 0 atom stereocenters. The fourth-order valence-electron chi connectivity index (χ4n) is 3.82. The first-order chi connectivity index (χ1) is 15.0. The van der Waals surface area contributed by atoms with Crippen molar-refractivity contribution in [1.29, 1.82) is 0 Å². The van der Waals surface area contributed by atoms with Gasteiger partial charge in [0.05, 0.1) is 0 Å². The molecule has 0 unspecified atom stereocenters. The van der Waals surface area contributed by atoms with Crippen molar-refractivity contribution in [2.75, 3.05) is 0 Å². The Morgan fingerprint density at radius 1 is 0.613 bits per heavy atom. The van der Waals surface area contributed by atoms with E-state index in [4.69, 9.17) is 5.84 Å². The Balaban J connectivity index is 1.69. The largest absolute Gasteiger partial charge is 0.271 e. The minimum atomic E-state index is -0.359. The van der Waals surface area contributed by atoms with E-state index in [0.717, 1.165) is 27.8 Å². The van der Waals surface area contributed by atoms with Crippen LogP contribution in [0.3, 0.4) is 0 Å². The highest BCUT2D eigenvalue weighted by Gasteiger charge is 2.13. The average Bonchev–Trinajstić information content (AvgIpc) is 2.75. The normalized spacial score (nSPS) is 11.0. The second-order valence-electron chi connectivity index (χ2n) is 7.80. The van der Waals surface area contributed by atoms with Crippen molar-refractivity contribution in [3.8, 4) is 33.4 Å². The fourth-order valence-corrected chi connectivity index (χ4v) is 3.82. The number of halogens is 2. The Hall–Kier alpha value is -3.34. The van der Waals surface area contributed by atoms with Crippen LogP contribution >= 0.6 is 0 Å². The highest BCUT2D eigenvalue weighted by atomic mass is 19.1. The van der Waals surface area contributed by atoms with Gasteiger partial charge in [0.25, 0.3) is 0 Å². The summed E-state index contributed by atoms with van der Waals surface area (Å²) in [6.07, 6.45) is 0. The van der Waals surface area contributed by atoms with Gasteiger partial charge in [-0.15, -0.1) is 0 Å². The average molecular weight is 414 g/mol. The lowest BCUT2D eigenvalue weighted by Gasteiger charge is -2.13. The van der Waals surface area contributed by atoms with Crippen LogP contribution in [0.4, 0.5) is 8.78 Å². The molecule has 0 aliphatic carbocycles. The molecule has 4 aromatic rings. The molecular formula is C27H24F2N2. The van der Waals surface area contributed by atoms with Crippen LogP contribution in [0.5, 0.6) is 0 Å². The fraction of sp³-hybridized carbons (Fsp3) is 0.111. The maximum atomic E-state index is 15.1. The predicted molar refractivity (Wildman–Crippen MR) is 123 cm³/mol. The summed E-state index contributed by atoms with van der Waals surface area (Å²) in [5.74, 6) is 4.80. The van der Waals surface area contributed by atoms with Gasteiger partial charge in [0, 0.05) is 17.7 Å². The molecule has 0 spiro atoms. The number of rotatable bonds is 5. The van der Waals surface area contributed by atoms with E-state index in [0.29, 0.717) is 28.8 Å². The lowest BCUT2D eigenvalue weighted by Crippen LogP contribution is -2.21. The van der Waals surface area contributed by atoms with Gasteiger partial charge in [-0.3, -0.25) is 11.3 Å². The van der Waals surface area contributed by atoms with Crippen molar-refractivity contribution in [2.24, 2.45) is 5.84 Å². The zero-order chi connectivity index (χ0) is 22.0. The molecule has 31 heavy (non-hydrogen) atoms. The summed E-state index contributed by atoms with van der Waals surface area (Å²) in [7, 11) is 0.